The van der Waals surface area contributed by atoms with E-state index < -0.39 is 18.9 Å². The third-order valence-electron chi connectivity index (χ3n) is 1.81. The molecule has 1 atom stereocenters. The smallest absolute Gasteiger partial charge is 0.390 e. The van der Waals surface area contributed by atoms with Gasteiger partial charge in [-0.2, -0.15) is 13.2 Å². The summed E-state index contributed by atoms with van der Waals surface area (Å²) in [7, 11) is 0. The molecule has 17 heavy (non-hydrogen) atoms. The summed E-state index contributed by atoms with van der Waals surface area (Å²) < 4.78 is 40.4. The third-order valence-corrected chi connectivity index (χ3v) is 2.28. The molecule has 0 saturated carbocycles. The van der Waals surface area contributed by atoms with Crippen molar-refractivity contribution in [2.75, 3.05) is 13.2 Å². The highest BCUT2D eigenvalue weighted by molar-refractivity contribution is 9.10. The molecule has 1 aromatic rings. The molecule has 1 unspecified atom stereocenters. The number of alkyl halides is 3. The predicted octanol–water partition coefficient (Wildman–Crippen LogP) is 2.33. The normalized spacial score (nSPS) is 13.7. The second kappa shape index (κ2) is 6.32. The number of halogens is 4. The van der Waals surface area contributed by atoms with Crippen LogP contribution in [0.15, 0.2) is 22.8 Å². The van der Waals surface area contributed by atoms with Crippen molar-refractivity contribution < 1.29 is 23.0 Å². The molecular formula is C10H11BrF3NO2. The van der Waals surface area contributed by atoms with Crippen LogP contribution in [0.5, 0.6) is 0 Å². The van der Waals surface area contributed by atoms with Crippen LogP contribution in [-0.2, 0) is 11.2 Å². The number of aliphatic hydroxyl groups is 1. The molecule has 0 amide bonds. The highest BCUT2D eigenvalue weighted by atomic mass is 79.9. The van der Waals surface area contributed by atoms with Gasteiger partial charge >= 0.3 is 6.18 Å². The molecule has 0 aromatic carbocycles. The van der Waals surface area contributed by atoms with Gasteiger partial charge in [0.15, 0.2) is 0 Å². The molecule has 0 saturated heterocycles. The molecule has 1 heterocycles. The van der Waals surface area contributed by atoms with Crippen LogP contribution in [0.1, 0.15) is 5.69 Å². The summed E-state index contributed by atoms with van der Waals surface area (Å²) in [6.45, 7) is -1.71. The zero-order valence-corrected chi connectivity index (χ0v) is 10.3. The molecule has 3 nitrogen and oxygen atoms in total. The van der Waals surface area contributed by atoms with Crippen LogP contribution in [0, 0.1) is 0 Å². The van der Waals surface area contributed by atoms with Gasteiger partial charge in [-0.05, 0) is 28.1 Å². The molecule has 0 radical (unpaired) electrons. The van der Waals surface area contributed by atoms with Gasteiger partial charge in [0.1, 0.15) is 6.61 Å². The maximum Gasteiger partial charge on any atom is 0.411 e. The number of aromatic nitrogens is 1. The Balaban J connectivity index is 2.30. The number of hydrogen-bond donors (Lipinski definition) is 1. The van der Waals surface area contributed by atoms with Crippen LogP contribution in [0.2, 0.25) is 0 Å². The fourth-order valence-corrected chi connectivity index (χ4v) is 1.37. The van der Waals surface area contributed by atoms with Crippen molar-refractivity contribution in [3.63, 3.8) is 0 Å². The van der Waals surface area contributed by atoms with Crippen molar-refractivity contribution in [3.8, 4) is 0 Å². The number of rotatable bonds is 5. The predicted molar refractivity (Wildman–Crippen MR) is 58.5 cm³/mol. The lowest BCUT2D eigenvalue weighted by Gasteiger charge is -2.12. The Morgan fingerprint density at radius 3 is 2.65 bits per heavy atom. The van der Waals surface area contributed by atoms with E-state index in [-0.39, 0.29) is 13.0 Å². The average molecular weight is 314 g/mol. The van der Waals surface area contributed by atoms with Crippen LogP contribution < -0.4 is 0 Å². The molecular weight excluding hydrogens is 303 g/mol. The Labute approximate surface area is 105 Å². The van der Waals surface area contributed by atoms with E-state index >= 15 is 0 Å². The summed E-state index contributed by atoms with van der Waals surface area (Å²) in [6.07, 6.45) is -3.65. The first kappa shape index (κ1) is 14.4. The number of nitrogens with zero attached hydrogens (tertiary/aromatic N) is 1. The second-order valence-corrected chi connectivity index (χ2v) is 4.37. The van der Waals surface area contributed by atoms with Crippen LogP contribution in [0.25, 0.3) is 0 Å². The summed E-state index contributed by atoms with van der Waals surface area (Å²) in [4.78, 5) is 3.99. The average Bonchev–Trinajstić information content (AvgIpc) is 2.19. The van der Waals surface area contributed by atoms with Crippen LogP contribution in [0.4, 0.5) is 13.2 Å². The van der Waals surface area contributed by atoms with Gasteiger partial charge in [-0.25, -0.2) is 0 Å². The quantitative estimate of drug-likeness (QED) is 0.907. The molecule has 0 aliphatic carbocycles. The van der Waals surface area contributed by atoms with Crippen molar-refractivity contribution in [2.45, 2.75) is 18.7 Å². The first-order valence-electron chi connectivity index (χ1n) is 4.80. The van der Waals surface area contributed by atoms with E-state index in [4.69, 9.17) is 0 Å². The number of pyridine rings is 1. The van der Waals surface area contributed by atoms with Gasteiger partial charge in [-0.15, -0.1) is 0 Å². The molecule has 0 fully saturated rings. The van der Waals surface area contributed by atoms with E-state index in [1.807, 2.05) is 0 Å². The molecule has 7 heteroatoms. The summed E-state index contributed by atoms with van der Waals surface area (Å²) in [6, 6.07) is 3.42. The van der Waals surface area contributed by atoms with E-state index in [0.717, 1.165) is 4.47 Å². The molecule has 1 aromatic heterocycles. The molecule has 1 N–H and O–H groups in total. The van der Waals surface area contributed by atoms with Crippen molar-refractivity contribution in [3.05, 3.63) is 28.5 Å². The monoisotopic (exact) mass is 313 g/mol. The highest BCUT2D eigenvalue weighted by Gasteiger charge is 2.27. The lowest BCUT2D eigenvalue weighted by Crippen LogP contribution is -2.24. The summed E-state index contributed by atoms with van der Waals surface area (Å²) in [5.74, 6) is 0. The Morgan fingerprint density at radius 2 is 2.12 bits per heavy atom. The molecule has 1 rings (SSSR count). The number of ether oxygens (including phenoxy) is 1. The van der Waals surface area contributed by atoms with E-state index in [1.165, 1.54) is 0 Å². The van der Waals surface area contributed by atoms with Crippen LogP contribution >= 0.6 is 15.9 Å². The van der Waals surface area contributed by atoms with Crippen LogP contribution in [0.3, 0.4) is 0 Å². The number of hydrogen-bond acceptors (Lipinski definition) is 3. The van der Waals surface area contributed by atoms with Gasteiger partial charge in [0.25, 0.3) is 0 Å². The summed E-state index contributed by atoms with van der Waals surface area (Å²) in [5.41, 5.74) is 0.594. The molecule has 0 bridgehead atoms. The van der Waals surface area contributed by atoms with E-state index in [9.17, 15) is 18.3 Å². The minimum atomic E-state index is -4.37. The minimum absolute atomic E-state index is 0.158. The molecule has 0 aliphatic rings. The van der Waals surface area contributed by atoms with Gasteiger partial charge in [0.05, 0.1) is 12.7 Å². The van der Waals surface area contributed by atoms with E-state index in [2.05, 4.69) is 25.7 Å². The van der Waals surface area contributed by atoms with Crippen molar-refractivity contribution in [1.82, 2.24) is 4.98 Å². The van der Waals surface area contributed by atoms with Crippen LogP contribution in [-0.4, -0.2) is 35.6 Å². The lowest BCUT2D eigenvalue weighted by atomic mass is 10.2. The zero-order valence-electron chi connectivity index (χ0n) is 8.75. The minimum Gasteiger partial charge on any atom is -0.390 e. The number of aliphatic hydroxyl groups excluding tert-OH is 1. The second-order valence-electron chi connectivity index (χ2n) is 3.46. The largest absolute Gasteiger partial charge is 0.411 e. The molecule has 0 spiro atoms. The topological polar surface area (TPSA) is 42.4 Å². The van der Waals surface area contributed by atoms with Gasteiger partial charge in [-0.1, -0.05) is 0 Å². The first-order valence-corrected chi connectivity index (χ1v) is 5.59. The van der Waals surface area contributed by atoms with Crippen molar-refractivity contribution in [1.29, 1.82) is 0 Å². The maximum absolute atomic E-state index is 11.8. The van der Waals surface area contributed by atoms with Gasteiger partial charge in [0, 0.05) is 22.8 Å². The standard InChI is InChI=1S/C10H11BrF3NO2/c11-7-1-2-8(15-4-7)3-9(16)5-17-6-10(12,13)14/h1-2,4,9,16H,3,5-6H2. The summed E-state index contributed by atoms with van der Waals surface area (Å²) in [5, 5.41) is 9.42. The Kier molecular flexibility index (Phi) is 5.35. The fourth-order valence-electron chi connectivity index (χ4n) is 1.14. The molecule has 0 aliphatic heterocycles. The third kappa shape index (κ3) is 6.60. The SMILES string of the molecule is OC(COCC(F)(F)F)Cc1ccc(Br)cn1. The molecule has 96 valence electrons. The Hall–Kier alpha value is -0.660. The Morgan fingerprint density at radius 1 is 1.41 bits per heavy atom. The first-order chi connectivity index (χ1) is 7.87. The van der Waals surface area contributed by atoms with E-state index in [0.29, 0.717) is 5.69 Å². The van der Waals surface area contributed by atoms with Gasteiger partial charge in [-0.3, -0.25) is 4.98 Å². The van der Waals surface area contributed by atoms with Crippen molar-refractivity contribution >= 4 is 15.9 Å². The van der Waals surface area contributed by atoms with Crippen molar-refractivity contribution in [2.24, 2.45) is 0 Å². The zero-order chi connectivity index (χ0) is 12.9. The summed E-state index contributed by atoms with van der Waals surface area (Å²) >= 11 is 3.20. The van der Waals surface area contributed by atoms with Gasteiger partial charge in [0.2, 0.25) is 0 Å². The highest BCUT2D eigenvalue weighted by Crippen LogP contribution is 2.15. The van der Waals surface area contributed by atoms with Gasteiger partial charge < -0.3 is 9.84 Å². The maximum atomic E-state index is 11.8. The lowest BCUT2D eigenvalue weighted by molar-refractivity contribution is -0.179. The van der Waals surface area contributed by atoms with E-state index in [1.54, 1.807) is 18.3 Å². The Bertz CT molecular complexity index is 342. The fraction of sp³-hybridized carbons (Fsp3) is 0.500.